The van der Waals surface area contributed by atoms with Crippen LogP contribution in [-0.2, 0) is 9.63 Å². The molecule has 1 aromatic heterocycles. The molecule has 0 aliphatic carbocycles. The van der Waals surface area contributed by atoms with Crippen molar-refractivity contribution in [2.45, 2.75) is 6.92 Å². The molecule has 0 aliphatic heterocycles. The van der Waals surface area contributed by atoms with Crippen LogP contribution < -0.4 is 5.48 Å². The molecule has 0 amide bonds. The smallest absolute Gasteiger partial charge is 0.332 e. The van der Waals surface area contributed by atoms with E-state index in [0.717, 1.165) is 0 Å². The molecule has 0 saturated carbocycles. The highest BCUT2D eigenvalue weighted by Gasteiger charge is 1.97. The van der Waals surface area contributed by atoms with E-state index in [0.29, 0.717) is 11.6 Å². The molecule has 0 unspecified atom stereocenters. The van der Waals surface area contributed by atoms with Gasteiger partial charge in [-0.25, -0.2) is 20.2 Å². The maximum absolute atomic E-state index is 10.1. The van der Waals surface area contributed by atoms with Crippen LogP contribution in [0.15, 0.2) is 12.3 Å². The fourth-order valence-electron chi connectivity index (χ4n) is 0.685. The maximum atomic E-state index is 10.1. The second kappa shape index (κ2) is 4.36. The second-order valence-electron chi connectivity index (χ2n) is 2.27. The van der Waals surface area contributed by atoms with E-state index >= 15 is 0 Å². The first-order valence-corrected chi connectivity index (χ1v) is 3.58. The number of nitrogens with one attached hydrogen (secondary N) is 1. The van der Waals surface area contributed by atoms with Gasteiger partial charge in [-0.1, -0.05) is 0 Å². The van der Waals surface area contributed by atoms with E-state index in [1.165, 1.54) is 0 Å². The minimum absolute atomic E-state index is 0.414. The summed E-state index contributed by atoms with van der Waals surface area (Å²) in [6.45, 7) is 1.31. The molecule has 0 spiro atoms. The third-order valence-corrected chi connectivity index (χ3v) is 1.15. The number of anilines is 1. The summed E-state index contributed by atoms with van der Waals surface area (Å²) >= 11 is 0. The van der Waals surface area contributed by atoms with Crippen LogP contribution in [0.1, 0.15) is 5.82 Å². The molecule has 2 N–H and O–H groups in total. The molecule has 13 heavy (non-hydrogen) atoms. The van der Waals surface area contributed by atoms with E-state index in [4.69, 9.17) is 5.11 Å². The lowest BCUT2D eigenvalue weighted by atomic mass is 10.5. The zero-order valence-corrected chi connectivity index (χ0v) is 7.02. The van der Waals surface area contributed by atoms with Gasteiger partial charge in [-0.05, 0) is 6.92 Å². The molecule has 0 fully saturated rings. The number of aromatic nitrogens is 2. The van der Waals surface area contributed by atoms with Crippen LogP contribution >= 0.6 is 0 Å². The zero-order chi connectivity index (χ0) is 9.68. The van der Waals surface area contributed by atoms with Crippen molar-refractivity contribution in [2.24, 2.45) is 0 Å². The van der Waals surface area contributed by atoms with Gasteiger partial charge in [0.2, 0.25) is 0 Å². The molecular formula is C7H9N3O3. The molecular weight excluding hydrogens is 174 g/mol. The summed E-state index contributed by atoms with van der Waals surface area (Å²) in [6.07, 6.45) is 1.55. The number of hydrogen-bond donors (Lipinski definition) is 2. The lowest BCUT2D eigenvalue weighted by Crippen LogP contribution is -2.12. The third-order valence-electron chi connectivity index (χ3n) is 1.15. The monoisotopic (exact) mass is 183 g/mol. The van der Waals surface area contributed by atoms with Crippen molar-refractivity contribution in [2.75, 3.05) is 12.1 Å². The zero-order valence-electron chi connectivity index (χ0n) is 7.02. The van der Waals surface area contributed by atoms with E-state index in [2.05, 4.69) is 20.3 Å². The number of aryl methyl sites for hydroxylation is 1. The molecule has 1 aromatic rings. The number of nitrogens with zero attached hydrogens (tertiary/aromatic N) is 2. The van der Waals surface area contributed by atoms with Crippen molar-refractivity contribution < 1.29 is 14.7 Å². The molecule has 6 heteroatoms. The number of hydrogen-bond acceptors (Lipinski definition) is 5. The van der Waals surface area contributed by atoms with Crippen molar-refractivity contribution in [3.8, 4) is 0 Å². The average Bonchev–Trinajstić information content (AvgIpc) is 2.03. The Bertz CT molecular complexity index is 303. The molecule has 70 valence electrons. The Kier molecular flexibility index (Phi) is 3.15. The summed E-state index contributed by atoms with van der Waals surface area (Å²) in [4.78, 5) is 22.4. The van der Waals surface area contributed by atoms with Crippen molar-refractivity contribution >= 4 is 11.8 Å². The largest absolute Gasteiger partial charge is 0.479 e. The summed E-state index contributed by atoms with van der Waals surface area (Å²) in [5, 5.41) is 8.25. The first-order chi connectivity index (χ1) is 6.18. The Morgan fingerprint density at radius 2 is 2.54 bits per heavy atom. The first kappa shape index (κ1) is 9.40. The predicted molar refractivity (Wildman–Crippen MR) is 44.0 cm³/mol. The predicted octanol–water partition coefficient (Wildman–Crippen LogP) is 0.213. The Morgan fingerprint density at radius 1 is 1.77 bits per heavy atom. The standard InChI is InChI=1S/C7H9N3O3/c1-5-8-3-2-6(9-5)10-13-4-7(11)12/h2-3H,4H2,1H3,(H,11,12)(H,8,9,10). The normalized spacial score (nSPS) is 9.62. The van der Waals surface area contributed by atoms with Crippen LogP contribution in [0.5, 0.6) is 0 Å². The lowest BCUT2D eigenvalue weighted by Gasteiger charge is -2.03. The maximum Gasteiger partial charge on any atom is 0.332 e. The van der Waals surface area contributed by atoms with Gasteiger partial charge < -0.3 is 5.11 Å². The van der Waals surface area contributed by atoms with Gasteiger partial charge in [0.25, 0.3) is 0 Å². The molecule has 0 bridgehead atoms. The number of carboxylic acid groups (broad SMARTS) is 1. The Morgan fingerprint density at radius 3 is 3.15 bits per heavy atom. The number of carbonyl (C=O) groups is 1. The van der Waals surface area contributed by atoms with Gasteiger partial charge in [-0.2, -0.15) is 0 Å². The summed E-state index contributed by atoms with van der Waals surface area (Å²) < 4.78 is 0. The van der Waals surface area contributed by atoms with E-state index in [1.807, 2.05) is 0 Å². The van der Waals surface area contributed by atoms with E-state index in [-0.39, 0.29) is 0 Å². The quantitative estimate of drug-likeness (QED) is 0.649. The van der Waals surface area contributed by atoms with Crippen molar-refractivity contribution in [3.63, 3.8) is 0 Å². The number of aliphatic carboxylic acids is 1. The summed E-state index contributed by atoms with van der Waals surface area (Å²) in [5.74, 6) is -0.0176. The molecule has 1 heterocycles. The molecule has 6 nitrogen and oxygen atoms in total. The van der Waals surface area contributed by atoms with Gasteiger partial charge in [0, 0.05) is 12.3 Å². The van der Waals surface area contributed by atoms with Crippen LogP contribution in [-0.4, -0.2) is 27.7 Å². The van der Waals surface area contributed by atoms with Crippen molar-refractivity contribution in [3.05, 3.63) is 18.1 Å². The SMILES string of the molecule is Cc1nccc(NOCC(=O)O)n1. The molecule has 1 rings (SSSR count). The Balaban J connectivity index is 2.41. The lowest BCUT2D eigenvalue weighted by molar-refractivity contribution is -0.141. The van der Waals surface area contributed by atoms with E-state index < -0.39 is 12.6 Å². The summed E-state index contributed by atoms with van der Waals surface area (Å²) in [7, 11) is 0. The van der Waals surface area contributed by atoms with Crippen molar-refractivity contribution in [1.82, 2.24) is 9.97 Å². The third kappa shape index (κ3) is 3.48. The highest BCUT2D eigenvalue weighted by atomic mass is 16.7. The van der Waals surface area contributed by atoms with Crippen LogP contribution in [0, 0.1) is 6.92 Å². The fourth-order valence-corrected chi connectivity index (χ4v) is 0.685. The summed E-state index contributed by atoms with van der Waals surface area (Å²) in [5.41, 5.74) is 2.38. The molecule has 0 aromatic carbocycles. The van der Waals surface area contributed by atoms with Gasteiger partial charge in [0.05, 0.1) is 0 Å². The minimum atomic E-state index is -1.04. The molecule has 0 aliphatic rings. The highest BCUT2D eigenvalue weighted by Crippen LogP contribution is 2.00. The van der Waals surface area contributed by atoms with Crippen LogP contribution in [0.3, 0.4) is 0 Å². The minimum Gasteiger partial charge on any atom is -0.479 e. The van der Waals surface area contributed by atoms with Crippen LogP contribution in [0.25, 0.3) is 0 Å². The highest BCUT2D eigenvalue weighted by molar-refractivity contribution is 5.68. The average molecular weight is 183 g/mol. The van der Waals surface area contributed by atoms with Gasteiger partial charge in [-0.3, -0.25) is 4.84 Å². The number of carboxylic acids is 1. The van der Waals surface area contributed by atoms with Gasteiger partial charge in [-0.15, -0.1) is 0 Å². The second-order valence-corrected chi connectivity index (χ2v) is 2.27. The van der Waals surface area contributed by atoms with Gasteiger partial charge >= 0.3 is 5.97 Å². The van der Waals surface area contributed by atoms with E-state index in [9.17, 15) is 4.79 Å². The van der Waals surface area contributed by atoms with Crippen LogP contribution in [0.2, 0.25) is 0 Å². The van der Waals surface area contributed by atoms with Crippen molar-refractivity contribution in [1.29, 1.82) is 0 Å². The number of rotatable bonds is 4. The van der Waals surface area contributed by atoms with Crippen LogP contribution in [0.4, 0.5) is 5.82 Å². The van der Waals surface area contributed by atoms with Gasteiger partial charge in [0.1, 0.15) is 5.82 Å². The van der Waals surface area contributed by atoms with Gasteiger partial charge in [0.15, 0.2) is 12.4 Å². The molecule has 0 atom stereocenters. The summed E-state index contributed by atoms with van der Waals surface area (Å²) in [6, 6.07) is 1.58. The Labute approximate surface area is 74.5 Å². The van der Waals surface area contributed by atoms with E-state index in [1.54, 1.807) is 19.2 Å². The Hall–Kier alpha value is -1.69. The fraction of sp³-hybridized carbons (Fsp3) is 0.286. The molecule has 0 radical (unpaired) electrons. The first-order valence-electron chi connectivity index (χ1n) is 3.58. The topological polar surface area (TPSA) is 84.3 Å². The molecule has 0 saturated heterocycles.